The van der Waals surface area contributed by atoms with Crippen LogP contribution in [0.25, 0.3) is 0 Å². The van der Waals surface area contributed by atoms with E-state index < -0.39 is 11.0 Å². The van der Waals surface area contributed by atoms with Crippen molar-refractivity contribution in [3.8, 4) is 0 Å². The fourth-order valence-electron chi connectivity index (χ4n) is 1.08. The Bertz CT molecular complexity index is 343. The number of halogens is 3. The summed E-state index contributed by atoms with van der Waals surface area (Å²) in [6.45, 7) is 0. The van der Waals surface area contributed by atoms with Gasteiger partial charge in [-0.15, -0.1) is 0 Å². The summed E-state index contributed by atoms with van der Waals surface area (Å²) < 4.78 is 27.7. The van der Waals surface area contributed by atoms with E-state index in [2.05, 4.69) is 22.6 Å². The molecular formula is C11H11F2IOS. The maximum absolute atomic E-state index is 13.4. The van der Waals surface area contributed by atoms with Crippen LogP contribution in [0.2, 0.25) is 0 Å². The summed E-state index contributed by atoms with van der Waals surface area (Å²) in [4.78, 5) is 11.5. The lowest BCUT2D eigenvalue weighted by Gasteiger charge is -2.13. The summed E-state index contributed by atoms with van der Waals surface area (Å²) in [6.07, 6.45) is 0.683. The molecular weight excluding hydrogens is 345 g/mol. The average Bonchev–Trinajstić information content (AvgIpc) is 2.29. The molecule has 1 nitrogen and oxygen atoms in total. The number of ketones is 1. The maximum Gasteiger partial charge on any atom is 0.355 e. The first-order chi connectivity index (χ1) is 7.58. The maximum atomic E-state index is 13.4. The third kappa shape index (κ3) is 4.01. The topological polar surface area (TPSA) is 17.1 Å². The van der Waals surface area contributed by atoms with Crippen molar-refractivity contribution in [1.29, 1.82) is 0 Å². The molecule has 0 saturated heterocycles. The molecule has 0 aliphatic carbocycles. The van der Waals surface area contributed by atoms with Crippen LogP contribution in [0.4, 0.5) is 8.78 Å². The molecule has 0 fully saturated rings. The molecule has 0 amide bonds. The largest absolute Gasteiger partial charge is 0.355 e. The normalized spacial score (nSPS) is 11.4. The molecule has 5 heteroatoms. The summed E-state index contributed by atoms with van der Waals surface area (Å²) in [5.74, 6) is -0.805. The minimum Gasteiger partial charge on any atom is -0.286 e. The van der Waals surface area contributed by atoms with Crippen LogP contribution in [0.5, 0.6) is 0 Å². The minimum absolute atomic E-state index is 0.0643. The highest BCUT2D eigenvalue weighted by Crippen LogP contribution is 2.33. The van der Waals surface area contributed by atoms with Gasteiger partial charge in [-0.25, -0.2) is 0 Å². The highest BCUT2D eigenvalue weighted by atomic mass is 127. The molecule has 1 aromatic carbocycles. The Morgan fingerprint density at radius 1 is 1.31 bits per heavy atom. The van der Waals surface area contributed by atoms with Gasteiger partial charge in [0.2, 0.25) is 5.78 Å². The van der Waals surface area contributed by atoms with Crippen LogP contribution in [0.3, 0.4) is 0 Å². The first-order valence-electron chi connectivity index (χ1n) is 4.75. The number of benzene rings is 1. The van der Waals surface area contributed by atoms with Gasteiger partial charge < -0.3 is 0 Å². The van der Waals surface area contributed by atoms with Crippen LogP contribution in [-0.2, 0) is 0 Å². The lowest BCUT2D eigenvalue weighted by atomic mass is 10.1. The van der Waals surface area contributed by atoms with Crippen molar-refractivity contribution < 1.29 is 13.6 Å². The van der Waals surface area contributed by atoms with Gasteiger partial charge in [0, 0.05) is 15.7 Å². The van der Waals surface area contributed by atoms with Gasteiger partial charge in [0.25, 0.3) is 0 Å². The third-order valence-corrected chi connectivity index (χ3v) is 3.67. The summed E-state index contributed by atoms with van der Waals surface area (Å²) in [6, 6.07) is 7.68. The quantitative estimate of drug-likeness (QED) is 0.332. The Hall–Kier alpha value is -0.170. The van der Waals surface area contributed by atoms with Gasteiger partial charge in [-0.3, -0.25) is 4.79 Å². The fraction of sp³-hybridized carbons (Fsp3) is 0.364. The first-order valence-corrected chi connectivity index (χ1v) is 7.26. The van der Waals surface area contributed by atoms with Crippen molar-refractivity contribution in [3.05, 3.63) is 35.9 Å². The van der Waals surface area contributed by atoms with Crippen molar-refractivity contribution in [2.24, 2.45) is 0 Å². The summed E-state index contributed by atoms with van der Waals surface area (Å²) >= 11 is 2.54. The molecule has 0 atom stereocenters. The van der Waals surface area contributed by atoms with E-state index in [0.717, 1.165) is 4.43 Å². The molecule has 88 valence electrons. The average molecular weight is 356 g/mol. The standard InChI is InChI=1S/C11H11F2IOS/c12-11(13,16-8-4-7-14)10(15)9-5-2-1-3-6-9/h1-3,5-6H,4,7-8H2. The Kier molecular flexibility index (Phi) is 5.68. The molecule has 0 radical (unpaired) electrons. The minimum atomic E-state index is -3.31. The van der Waals surface area contributed by atoms with Crippen LogP contribution < -0.4 is 0 Å². The van der Waals surface area contributed by atoms with Gasteiger partial charge >= 0.3 is 5.25 Å². The predicted octanol–water partition coefficient (Wildman–Crippen LogP) is 4.02. The summed E-state index contributed by atoms with van der Waals surface area (Å²) in [7, 11) is 0. The lowest BCUT2D eigenvalue weighted by Crippen LogP contribution is -2.25. The SMILES string of the molecule is O=C(c1ccccc1)C(F)(F)SCCCI. The van der Waals surface area contributed by atoms with Crippen molar-refractivity contribution in [3.63, 3.8) is 0 Å². The van der Waals surface area contributed by atoms with Gasteiger partial charge in [0.05, 0.1) is 0 Å². The zero-order valence-electron chi connectivity index (χ0n) is 8.46. The van der Waals surface area contributed by atoms with Gasteiger partial charge in [-0.05, 0) is 6.42 Å². The van der Waals surface area contributed by atoms with Crippen molar-refractivity contribution in [2.75, 3.05) is 10.2 Å². The molecule has 0 N–H and O–H groups in total. The Morgan fingerprint density at radius 3 is 2.50 bits per heavy atom. The molecule has 0 heterocycles. The molecule has 1 rings (SSSR count). The van der Waals surface area contributed by atoms with E-state index in [0.29, 0.717) is 23.9 Å². The number of hydrogen-bond acceptors (Lipinski definition) is 2. The van der Waals surface area contributed by atoms with Crippen LogP contribution >= 0.6 is 34.4 Å². The molecule has 0 aliphatic rings. The van der Waals surface area contributed by atoms with Crippen LogP contribution in [-0.4, -0.2) is 21.2 Å². The van der Waals surface area contributed by atoms with Crippen LogP contribution in [0.15, 0.2) is 30.3 Å². The van der Waals surface area contributed by atoms with E-state index in [9.17, 15) is 13.6 Å². The molecule has 16 heavy (non-hydrogen) atoms. The number of carbonyl (C=O) groups excluding carboxylic acids is 1. The smallest absolute Gasteiger partial charge is 0.286 e. The number of thioether (sulfide) groups is 1. The molecule has 0 unspecified atom stereocenters. The van der Waals surface area contributed by atoms with Gasteiger partial charge in [-0.1, -0.05) is 64.7 Å². The summed E-state index contributed by atoms with van der Waals surface area (Å²) in [5, 5.41) is -3.31. The Balaban J connectivity index is 2.65. The highest BCUT2D eigenvalue weighted by Gasteiger charge is 2.39. The number of rotatable bonds is 6. The summed E-state index contributed by atoms with van der Waals surface area (Å²) in [5.41, 5.74) is 0.0643. The first kappa shape index (κ1) is 13.9. The van der Waals surface area contributed by atoms with E-state index in [1.165, 1.54) is 12.1 Å². The van der Waals surface area contributed by atoms with E-state index in [4.69, 9.17) is 0 Å². The van der Waals surface area contributed by atoms with E-state index in [-0.39, 0.29) is 5.56 Å². The molecule has 0 spiro atoms. The fourth-order valence-corrected chi connectivity index (χ4v) is 2.77. The Morgan fingerprint density at radius 2 is 1.94 bits per heavy atom. The second-order valence-corrected chi connectivity index (χ2v) is 5.39. The van der Waals surface area contributed by atoms with Gasteiger partial charge in [0.15, 0.2) is 0 Å². The highest BCUT2D eigenvalue weighted by molar-refractivity contribution is 14.1. The Labute approximate surface area is 111 Å². The molecule has 0 aromatic heterocycles. The predicted molar refractivity (Wildman–Crippen MR) is 71.7 cm³/mol. The molecule has 0 aliphatic heterocycles. The van der Waals surface area contributed by atoms with E-state index in [1.807, 2.05) is 0 Å². The van der Waals surface area contributed by atoms with E-state index >= 15 is 0 Å². The number of carbonyl (C=O) groups is 1. The third-order valence-electron chi connectivity index (χ3n) is 1.86. The zero-order valence-corrected chi connectivity index (χ0v) is 11.4. The van der Waals surface area contributed by atoms with E-state index in [1.54, 1.807) is 18.2 Å². The number of alkyl halides is 3. The van der Waals surface area contributed by atoms with Crippen molar-refractivity contribution in [1.82, 2.24) is 0 Å². The van der Waals surface area contributed by atoms with Gasteiger partial charge in [-0.2, -0.15) is 8.78 Å². The molecule has 1 aromatic rings. The monoisotopic (exact) mass is 356 g/mol. The molecule has 0 saturated carbocycles. The molecule has 0 bridgehead atoms. The van der Waals surface area contributed by atoms with Crippen molar-refractivity contribution in [2.45, 2.75) is 11.7 Å². The van der Waals surface area contributed by atoms with Gasteiger partial charge in [0.1, 0.15) is 0 Å². The second kappa shape index (κ2) is 6.54. The number of Topliss-reactive ketones (excluding diaryl/α,β-unsaturated/α-hetero) is 1. The van der Waals surface area contributed by atoms with Crippen LogP contribution in [0, 0.1) is 0 Å². The second-order valence-electron chi connectivity index (χ2n) is 3.10. The van der Waals surface area contributed by atoms with Crippen molar-refractivity contribution >= 4 is 40.1 Å². The van der Waals surface area contributed by atoms with Crippen LogP contribution in [0.1, 0.15) is 16.8 Å². The number of hydrogen-bond donors (Lipinski definition) is 0. The zero-order chi connectivity index (χ0) is 12.0. The lowest BCUT2D eigenvalue weighted by molar-refractivity contribution is 0.0567.